The van der Waals surface area contributed by atoms with Crippen molar-refractivity contribution in [3.05, 3.63) is 29.8 Å². The average molecular weight is 306 g/mol. The molecule has 1 amide bonds. The molecule has 0 unspecified atom stereocenters. The van der Waals surface area contributed by atoms with E-state index >= 15 is 0 Å². The molecule has 0 atom stereocenters. The summed E-state index contributed by atoms with van der Waals surface area (Å²) in [5.41, 5.74) is 1.87. The third-order valence-electron chi connectivity index (χ3n) is 2.78. The Morgan fingerprint density at radius 3 is 2.59 bits per heavy atom. The number of benzene rings is 1. The van der Waals surface area contributed by atoms with Crippen LogP contribution >= 0.6 is 0 Å². The molecule has 1 rings (SSSR count). The fraction of sp³-hybridized carbons (Fsp3) is 0.438. The van der Waals surface area contributed by atoms with Crippen LogP contribution in [0, 0.1) is 0 Å². The van der Waals surface area contributed by atoms with Crippen molar-refractivity contribution in [1.82, 2.24) is 5.32 Å². The van der Waals surface area contributed by atoms with E-state index in [1.165, 1.54) is 13.8 Å². The number of anilines is 1. The molecule has 0 spiro atoms. The highest BCUT2D eigenvalue weighted by Gasteiger charge is 2.04. The highest BCUT2D eigenvalue weighted by atomic mass is 16.5. The van der Waals surface area contributed by atoms with E-state index in [0.29, 0.717) is 13.1 Å². The Labute approximate surface area is 130 Å². The standard InChI is InChI=1S/C16H22N2O4/c1-12(19)11-22-16(21)7-9-17-8-6-14-4-3-5-15(10-14)18-13(2)20/h3-5,10,17H,6-9,11H2,1-2H3,(H,18,20). The summed E-state index contributed by atoms with van der Waals surface area (Å²) in [4.78, 5) is 32.9. The molecule has 0 aliphatic heterocycles. The van der Waals surface area contributed by atoms with Gasteiger partial charge in [-0.25, -0.2) is 0 Å². The number of hydrogen-bond donors (Lipinski definition) is 2. The first-order chi connectivity index (χ1) is 10.5. The van der Waals surface area contributed by atoms with Gasteiger partial charge in [0.05, 0.1) is 6.42 Å². The lowest BCUT2D eigenvalue weighted by Gasteiger charge is -2.07. The Bertz CT molecular complexity index is 529. The van der Waals surface area contributed by atoms with Gasteiger partial charge in [-0.2, -0.15) is 0 Å². The molecule has 6 nitrogen and oxygen atoms in total. The van der Waals surface area contributed by atoms with E-state index in [-0.39, 0.29) is 30.7 Å². The molecule has 2 N–H and O–H groups in total. The molecular weight excluding hydrogens is 284 g/mol. The maximum Gasteiger partial charge on any atom is 0.307 e. The first kappa shape index (κ1) is 17.8. The van der Waals surface area contributed by atoms with Gasteiger partial charge in [0.2, 0.25) is 5.91 Å². The number of ketones is 1. The van der Waals surface area contributed by atoms with Gasteiger partial charge in [0, 0.05) is 19.2 Å². The summed E-state index contributed by atoms with van der Waals surface area (Å²) in [6.45, 7) is 3.90. The first-order valence-corrected chi connectivity index (χ1v) is 7.19. The van der Waals surface area contributed by atoms with Gasteiger partial charge in [-0.3, -0.25) is 14.4 Å². The molecule has 0 aromatic heterocycles. The van der Waals surface area contributed by atoms with Crippen molar-refractivity contribution in [3.63, 3.8) is 0 Å². The smallest absolute Gasteiger partial charge is 0.307 e. The Morgan fingerprint density at radius 1 is 1.14 bits per heavy atom. The second kappa shape index (κ2) is 9.68. The van der Waals surface area contributed by atoms with Crippen LogP contribution in [0.15, 0.2) is 24.3 Å². The summed E-state index contributed by atoms with van der Waals surface area (Å²) in [5.74, 6) is -0.643. The molecule has 0 bridgehead atoms. The Hall–Kier alpha value is -2.21. The first-order valence-electron chi connectivity index (χ1n) is 7.19. The number of hydrogen-bond acceptors (Lipinski definition) is 5. The van der Waals surface area contributed by atoms with Crippen molar-refractivity contribution in [2.24, 2.45) is 0 Å². The van der Waals surface area contributed by atoms with Crippen molar-refractivity contribution >= 4 is 23.3 Å². The summed E-state index contributed by atoms with van der Waals surface area (Å²) in [6, 6.07) is 7.63. The van der Waals surface area contributed by atoms with E-state index in [1.54, 1.807) is 0 Å². The molecule has 1 aromatic rings. The summed E-state index contributed by atoms with van der Waals surface area (Å²) in [6.07, 6.45) is 1.02. The van der Waals surface area contributed by atoms with Crippen molar-refractivity contribution < 1.29 is 19.1 Å². The molecule has 0 saturated carbocycles. The minimum absolute atomic E-state index is 0.0978. The predicted octanol–water partition coefficient (Wildman–Crippen LogP) is 1.30. The van der Waals surface area contributed by atoms with E-state index in [2.05, 4.69) is 10.6 Å². The summed E-state index contributed by atoms with van der Waals surface area (Å²) >= 11 is 0. The molecule has 0 saturated heterocycles. The molecule has 6 heteroatoms. The highest BCUT2D eigenvalue weighted by Crippen LogP contribution is 2.10. The van der Waals surface area contributed by atoms with Gasteiger partial charge >= 0.3 is 5.97 Å². The minimum atomic E-state index is -0.379. The van der Waals surface area contributed by atoms with Gasteiger partial charge in [0.15, 0.2) is 5.78 Å². The average Bonchev–Trinajstić information content (AvgIpc) is 2.44. The molecule has 22 heavy (non-hydrogen) atoms. The number of amides is 1. The highest BCUT2D eigenvalue weighted by molar-refractivity contribution is 5.88. The molecule has 1 aromatic carbocycles. The molecule has 0 fully saturated rings. The van der Waals surface area contributed by atoms with Gasteiger partial charge in [-0.15, -0.1) is 0 Å². The number of ether oxygens (including phenoxy) is 1. The molecular formula is C16H22N2O4. The van der Waals surface area contributed by atoms with E-state index < -0.39 is 0 Å². The van der Waals surface area contributed by atoms with Gasteiger partial charge in [0.1, 0.15) is 6.61 Å². The fourth-order valence-electron chi connectivity index (χ4n) is 1.81. The quantitative estimate of drug-likeness (QED) is 0.530. The lowest BCUT2D eigenvalue weighted by molar-refractivity contribution is -0.147. The molecule has 0 radical (unpaired) electrons. The number of nitrogens with one attached hydrogen (secondary N) is 2. The zero-order valence-electron chi connectivity index (χ0n) is 13.0. The van der Waals surface area contributed by atoms with Crippen LogP contribution in [0.3, 0.4) is 0 Å². The maximum absolute atomic E-state index is 11.3. The monoisotopic (exact) mass is 306 g/mol. The number of carbonyl (C=O) groups excluding carboxylic acids is 3. The third-order valence-corrected chi connectivity index (χ3v) is 2.78. The number of Topliss-reactive ketones (excluding diaryl/α,β-unsaturated/α-hetero) is 1. The molecule has 0 aliphatic carbocycles. The Morgan fingerprint density at radius 2 is 1.91 bits per heavy atom. The van der Waals surface area contributed by atoms with Crippen LogP contribution < -0.4 is 10.6 Å². The van der Waals surface area contributed by atoms with E-state index in [4.69, 9.17) is 4.74 Å². The minimum Gasteiger partial charge on any atom is -0.458 e. The predicted molar refractivity (Wildman–Crippen MR) is 83.6 cm³/mol. The Balaban J connectivity index is 2.20. The largest absolute Gasteiger partial charge is 0.458 e. The normalized spacial score (nSPS) is 10.1. The van der Waals surface area contributed by atoms with Crippen LogP contribution in [-0.2, 0) is 25.5 Å². The molecule has 0 aliphatic rings. The number of carbonyl (C=O) groups is 3. The van der Waals surface area contributed by atoms with Crippen LogP contribution in [0.5, 0.6) is 0 Å². The molecule has 0 heterocycles. The fourth-order valence-corrected chi connectivity index (χ4v) is 1.81. The van der Waals surface area contributed by atoms with Crippen LogP contribution in [0.4, 0.5) is 5.69 Å². The van der Waals surface area contributed by atoms with E-state index in [1.807, 2.05) is 24.3 Å². The number of esters is 1. The van der Waals surface area contributed by atoms with E-state index in [9.17, 15) is 14.4 Å². The van der Waals surface area contributed by atoms with Crippen LogP contribution in [0.1, 0.15) is 25.8 Å². The van der Waals surface area contributed by atoms with Crippen molar-refractivity contribution in [3.8, 4) is 0 Å². The van der Waals surface area contributed by atoms with E-state index in [0.717, 1.165) is 17.7 Å². The van der Waals surface area contributed by atoms with Gasteiger partial charge in [-0.1, -0.05) is 12.1 Å². The molecule has 120 valence electrons. The Kier molecular flexibility index (Phi) is 7.85. The van der Waals surface area contributed by atoms with Crippen molar-refractivity contribution in [1.29, 1.82) is 0 Å². The van der Waals surface area contributed by atoms with Crippen LogP contribution in [0.25, 0.3) is 0 Å². The topological polar surface area (TPSA) is 84.5 Å². The lowest BCUT2D eigenvalue weighted by Crippen LogP contribution is -2.22. The van der Waals surface area contributed by atoms with Crippen LogP contribution in [-0.4, -0.2) is 37.4 Å². The maximum atomic E-state index is 11.3. The third kappa shape index (κ3) is 8.16. The van der Waals surface area contributed by atoms with Gasteiger partial charge < -0.3 is 15.4 Å². The zero-order chi connectivity index (χ0) is 16.4. The van der Waals surface area contributed by atoms with Gasteiger partial charge in [-0.05, 0) is 37.6 Å². The van der Waals surface area contributed by atoms with Crippen LogP contribution in [0.2, 0.25) is 0 Å². The van der Waals surface area contributed by atoms with Gasteiger partial charge in [0.25, 0.3) is 0 Å². The number of rotatable bonds is 9. The van der Waals surface area contributed by atoms with Crippen molar-refractivity contribution in [2.75, 3.05) is 25.0 Å². The summed E-state index contributed by atoms with van der Waals surface area (Å²) in [5, 5.41) is 5.88. The second-order valence-corrected chi connectivity index (χ2v) is 4.99. The lowest BCUT2D eigenvalue weighted by atomic mass is 10.1. The summed E-state index contributed by atoms with van der Waals surface area (Å²) in [7, 11) is 0. The van der Waals surface area contributed by atoms with Crippen molar-refractivity contribution in [2.45, 2.75) is 26.7 Å². The SMILES string of the molecule is CC(=O)COC(=O)CCNCCc1cccc(NC(C)=O)c1. The summed E-state index contributed by atoms with van der Waals surface area (Å²) < 4.78 is 4.75. The zero-order valence-corrected chi connectivity index (χ0v) is 13.0. The second-order valence-electron chi connectivity index (χ2n) is 4.99.